The highest BCUT2D eigenvalue weighted by Crippen LogP contribution is 2.00. The summed E-state index contributed by atoms with van der Waals surface area (Å²) in [6.07, 6.45) is 2.79. The predicted molar refractivity (Wildman–Crippen MR) is 41.6 cm³/mol. The number of rotatable bonds is 6. The Bertz CT molecular complexity index is 81.3. The molecule has 0 aliphatic carbocycles. The first-order valence-corrected chi connectivity index (χ1v) is 3.66. The molecule has 0 amide bonds. The summed E-state index contributed by atoms with van der Waals surface area (Å²) in [5.41, 5.74) is 0. The fourth-order valence-electron chi connectivity index (χ4n) is 0.378. The molecule has 0 N–H and O–H groups in total. The highest BCUT2D eigenvalue weighted by atomic mass is 17.2. The van der Waals surface area contributed by atoms with E-state index in [0.717, 1.165) is 6.42 Å². The minimum absolute atomic E-state index is 0.469. The SMILES string of the molecule is C=CCOOCC(C)CC. The summed E-state index contributed by atoms with van der Waals surface area (Å²) >= 11 is 0. The summed E-state index contributed by atoms with van der Waals surface area (Å²) in [5.74, 6) is 0.574. The third-order valence-corrected chi connectivity index (χ3v) is 1.32. The third kappa shape index (κ3) is 5.79. The van der Waals surface area contributed by atoms with E-state index in [4.69, 9.17) is 9.78 Å². The second-order valence-electron chi connectivity index (χ2n) is 2.37. The zero-order valence-corrected chi connectivity index (χ0v) is 6.80. The normalized spacial score (nSPS) is 13.0. The van der Waals surface area contributed by atoms with E-state index < -0.39 is 0 Å². The van der Waals surface area contributed by atoms with Crippen LogP contribution in [0.2, 0.25) is 0 Å². The topological polar surface area (TPSA) is 18.5 Å². The zero-order valence-electron chi connectivity index (χ0n) is 6.80. The van der Waals surface area contributed by atoms with E-state index in [9.17, 15) is 0 Å². The van der Waals surface area contributed by atoms with E-state index >= 15 is 0 Å². The number of hydrogen-bond donors (Lipinski definition) is 0. The van der Waals surface area contributed by atoms with Crippen LogP contribution in [0.15, 0.2) is 12.7 Å². The predicted octanol–water partition coefficient (Wildman–Crippen LogP) is 2.17. The Labute approximate surface area is 62.8 Å². The molecule has 0 aromatic carbocycles. The van der Waals surface area contributed by atoms with Crippen molar-refractivity contribution in [2.24, 2.45) is 5.92 Å². The molecule has 0 aromatic heterocycles. The minimum Gasteiger partial charge on any atom is -0.236 e. The highest BCUT2D eigenvalue weighted by Gasteiger charge is 1.97. The second-order valence-corrected chi connectivity index (χ2v) is 2.37. The second kappa shape index (κ2) is 6.78. The van der Waals surface area contributed by atoms with Gasteiger partial charge in [0.2, 0.25) is 0 Å². The van der Waals surface area contributed by atoms with Crippen LogP contribution in [-0.2, 0) is 9.78 Å². The van der Waals surface area contributed by atoms with Crippen LogP contribution in [0.25, 0.3) is 0 Å². The Morgan fingerprint density at radius 3 is 2.70 bits per heavy atom. The summed E-state index contributed by atoms with van der Waals surface area (Å²) in [6.45, 7) is 8.88. The lowest BCUT2D eigenvalue weighted by molar-refractivity contribution is -0.292. The lowest BCUT2D eigenvalue weighted by Crippen LogP contribution is -2.05. The van der Waals surface area contributed by atoms with Gasteiger partial charge >= 0.3 is 0 Å². The van der Waals surface area contributed by atoms with Gasteiger partial charge in [-0.15, -0.1) is 6.58 Å². The molecule has 1 atom stereocenters. The van der Waals surface area contributed by atoms with Gasteiger partial charge in [-0.05, 0) is 5.92 Å². The van der Waals surface area contributed by atoms with E-state index in [1.807, 2.05) is 0 Å². The smallest absolute Gasteiger partial charge is 0.100 e. The summed E-state index contributed by atoms with van der Waals surface area (Å²) in [7, 11) is 0. The molecular weight excluding hydrogens is 128 g/mol. The first kappa shape index (κ1) is 9.66. The minimum atomic E-state index is 0.469. The average Bonchev–Trinajstić information content (AvgIpc) is 1.98. The summed E-state index contributed by atoms with van der Waals surface area (Å²) in [6, 6.07) is 0. The van der Waals surface area contributed by atoms with E-state index in [0.29, 0.717) is 19.1 Å². The lowest BCUT2D eigenvalue weighted by Gasteiger charge is -2.06. The van der Waals surface area contributed by atoms with Gasteiger partial charge in [-0.2, -0.15) is 0 Å². The van der Waals surface area contributed by atoms with Gasteiger partial charge in [0.15, 0.2) is 0 Å². The van der Waals surface area contributed by atoms with Gasteiger partial charge in [0.1, 0.15) is 6.61 Å². The summed E-state index contributed by atoms with van der Waals surface area (Å²) in [5, 5.41) is 0. The van der Waals surface area contributed by atoms with Gasteiger partial charge in [-0.1, -0.05) is 26.3 Å². The van der Waals surface area contributed by atoms with Crippen molar-refractivity contribution in [3.05, 3.63) is 12.7 Å². The molecule has 1 unspecified atom stereocenters. The van der Waals surface area contributed by atoms with Crippen LogP contribution in [0, 0.1) is 5.92 Å². The molecule has 0 spiro atoms. The van der Waals surface area contributed by atoms with Crippen molar-refractivity contribution in [2.75, 3.05) is 13.2 Å². The molecule has 0 saturated heterocycles. The fourth-order valence-corrected chi connectivity index (χ4v) is 0.378. The molecule has 2 nitrogen and oxygen atoms in total. The van der Waals surface area contributed by atoms with Crippen LogP contribution in [-0.4, -0.2) is 13.2 Å². The van der Waals surface area contributed by atoms with Crippen molar-refractivity contribution in [1.82, 2.24) is 0 Å². The first-order valence-electron chi connectivity index (χ1n) is 3.66. The van der Waals surface area contributed by atoms with Gasteiger partial charge in [-0.25, -0.2) is 9.78 Å². The van der Waals surface area contributed by atoms with Crippen LogP contribution < -0.4 is 0 Å². The molecule has 0 aliphatic heterocycles. The quantitative estimate of drug-likeness (QED) is 0.246. The number of hydrogen-bond acceptors (Lipinski definition) is 2. The third-order valence-electron chi connectivity index (χ3n) is 1.32. The molecule has 0 heterocycles. The molecule has 0 rings (SSSR count). The van der Waals surface area contributed by atoms with Crippen LogP contribution in [0.5, 0.6) is 0 Å². The van der Waals surface area contributed by atoms with Gasteiger partial charge in [0, 0.05) is 0 Å². The molecule has 0 saturated carbocycles. The maximum atomic E-state index is 4.86. The van der Waals surface area contributed by atoms with Gasteiger partial charge in [0.25, 0.3) is 0 Å². The highest BCUT2D eigenvalue weighted by molar-refractivity contribution is 4.62. The monoisotopic (exact) mass is 144 g/mol. The zero-order chi connectivity index (χ0) is 7.82. The summed E-state index contributed by atoms with van der Waals surface area (Å²) < 4.78 is 0. The Morgan fingerprint density at radius 2 is 2.20 bits per heavy atom. The van der Waals surface area contributed by atoms with Crippen LogP contribution in [0.3, 0.4) is 0 Å². The van der Waals surface area contributed by atoms with Crippen LogP contribution >= 0.6 is 0 Å². The lowest BCUT2D eigenvalue weighted by atomic mass is 10.1. The molecule has 60 valence electrons. The molecule has 0 aliphatic rings. The Balaban J connectivity index is 2.95. The van der Waals surface area contributed by atoms with Crippen molar-refractivity contribution >= 4 is 0 Å². The van der Waals surface area contributed by atoms with Crippen molar-refractivity contribution in [3.63, 3.8) is 0 Å². The van der Waals surface area contributed by atoms with Crippen LogP contribution in [0.4, 0.5) is 0 Å². The van der Waals surface area contributed by atoms with E-state index in [-0.39, 0.29) is 0 Å². The maximum absolute atomic E-state index is 4.86. The molecule has 0 aromatic rings. The maximum Gasteiger partial charge on any atom is 0.100 e. The largest absolute Gasteiger partial charge is 0.236 e. The van der Waals surface area contributed by atoms with E-state index in [1.54, 1.807) is 6.08 Å². The molecule has 10 heavy (non-hydrogen) atoms. The molecule has 0 radical (unpaired) electrons. The van der Waals surface area contributed by atoms with E-state index in [1.165, 1.54) is 0 Å². The van der Waals surface area contributed by atoms with Crippen molar-refractivity contribution < 1.29 is 9.78 Å². The van der Waals surface area contributed by atoms with Gasteiger partial charge < -0.3 is 0 Å². The first-order chi connectivity index (χ1) is 4.81. The average molecular weight is 144 g/mol. The molecular formula is C8H16O2. The van der Waals surface area contributed by atoms with Crippen molar-refractivity contribution in [3.8, 4) is 0 Å². The summed E-state index contributed by atoms with van der Waals surface area (Å²) in [4.78, 5) is 9.59. The van der Waals surface area contributed by atoms with Gasteiger partial charge in [0.05, 0.1) is 6.61 Å². The molecule has 0 fully saturated rings. The van der Waals surface area contributed by atoms with Gasteiger partial charge in [-0.3, -0.25) is 0 Å². The molecule has 0 bridgehead atoms. The Hall–Kier alpha value is -0.340. The molecule has 2 heteroatoms. The fraction of sp³-hybridized carbons (Fsp3) is 0.750. The Kier molecular flexibility index (Phi) is 6.55. The Morgan fingerprint density at radius 1 is 1.50 bits per heavy atom. The van der Waals surface area contributed by atoms with Crippen molar-refractivity contribution in [1.29, 1.82) is 0 Å². The standard InChI is InChI=1S/C8H16O2/c1-4-6-9-10-7-8(3)5-2/h4,8H,1,5-7H2,2-3H3. The van der Waals surface area contributed by atoms with E-state index in [2.05, 4.69) is 20.4 Å². The van der Waals surface area contributed by atoms with Crippen molar-refractivity contribution in [2.45, 2.75) is 20.3 Å². The van der Waals surface area contributed by atoms with Crippen LogP contribution in [0.1, 0.15) is 20.3 Å².